The molecule has 1 aromatic carbocycles. The van der Waals surface area contributed by atoms with Gasteiger partial charge in [0.1, 0.15) is 5.76 Å². The number of aryl methyl sites for hydroxylation is 1. The number of hydrogen-bond acceptors (Lipinski definition) is 5. The molecule has 0 aliphatic heterocycles. The summed E-state index contributed by atoms with van der Waals surface area (Å²) in [7, 11) is 0. The van der Waals surface area contributed by atoms with Gasteiger partial charge in [-0.1, -0.05) is 30.3 Å². The van der Waals surface area contributed by atoms with Crippen molar-refractivity contribution in [2.75, 3.05) is 5.75 Å². The standard InChI is InChI=1S/C18H19ClN4O3S/c1-2-7-23-15-6-5-12(19)9-14(15)21-18(23)27-11-16(24)22-17(25)20-10-13-4-3-8-26-13/h3-6,8-9H,2,7,10-11H2,1H3,(H2,20,22,24,25). The third kappa shape index (κ3) is 5.05. The lowest BCUT2D eigenvalue weighted by atomic mass is 10.3. The summed E-state index contributed by atoms with van der Waals surface area (Å²) in [6, 6.07) is 8.45. The predicted molar refractivity (Wildman–Crippen MR) is 105 cm³/mol. The number of imide groups is 1. The number of nitrogens with zero attached hydrogens (tertiary/aromatic N) is 2. The summed E-state index contributed by atoms with van der Waals surface area (Å²) in [6.45, 7) is 3.07. The molecule has 0 unspecified atom stereocenters. The van der Waals surface area contributed by atoms with Crippen molar-refractivity contribution in [3.05, 3.63) is 47.4 Å². The van der Waals surface area contributed by atoms with Gasteiger partial charge in [-0.25, -0.2) is 9.78 Å². The van der Waals surface area contributed by atoms with Gasteiger partial charge in [-0.3, -0.25) is 10.1 Å². The Labute approximate surface area is 165 Å². The van der Waals surface area contributed by atoms with Crippen LogP contribution in [-0.4, -0.2) is 27.2 Å². The molecular formula is C18H19ClN4O3S. The van der Waals surface area contributed by atoms with E-state index in [1.54, 1.807) is 18.2 Å². The van der Waals surface area contributed by atoms with E-state index in [2.05, 4.69) is 27.1 Å². The van der Waals surface area contributed by atoms with Gasteiger partial charge in [0.15, 0.2) is 5.16 Å². The van der Waals surface area contributed by atoms with Gasteiger partial charge < -0.3 is 14.3 Å². The third-order valence-electron chi connectivity index (χ3n) is 3.71. The van der Waals surface area contributed by atoms with E-state index in [4.69, 9.17) is 16.0 Å². The summed E-state index contributed by atoms with van der Waals surface area (Å²) in [4.78, 5) is 28.4. The van der Waals surface area contributed by atoms with Crippen LogP contribution in [0.5, 0.6) is 0 Å². The summed E-state index contributed by atoms with van der Waals surface area (Å²) in [5, 5.41) is 6.20. The van der Waals surface area contributed by atoms with Crippen molar-refractivity contribution in [2.24, 2.45) is 0 Å². The van der Waals surface area contributed by atoms with Crippen molar-refractivity contribution in [1.82, 2.24) is 20.2 Å². The molecule has 0 aliphatic carbocycles. The lowest BCUT2D eigenvalue weighted by Crippen LogP contribution is -2.39. The number of hydrogen-bond donors (Lipinski definition) is 2. The summed E-state index contributed by atoms with van der Waals surface area (Å²) in [5.41, 5.74) is 1.76. The second-order valence-electron chi connectivity index (χ2n) is 5.78. The monoisotopic (exact) mass is 406 g/mol. The molecule has 3 aromatic rings. The zero-order valence-electron chi connectivity index (χ0n) is 14.7. The van der Waals surface area contributed by atoms with Crippen LogP contribution in [0.2, 0.25) is 5.02 Å². The van der Waals surface area contributed by atoms with Crippen LogP contribution in [0, 0.1) is 0 Å². The van der Waals surface area contributed by atoms with Crippen LogP contribution in [0.15, 0.2) is 46.2 Å². The summed E-state index contributed by atoms with van der Waals surface area (Å²) >= 11 is 7.32. The Balaban J connectivity index is 1.57. The van der Waals surface area contributed by atoms with E-state index in [1.165, 1.54) is 18.0 Å². The number of carbonyl (C=O) groups excluding carboxylic acids is 2. The second kappa shape index (κ2) is 8.96. The minimum absolute atomic E-state index is 0.0783. The van der Waals surface area contributed by atoms with Gasteiger partial charge in [0.2, 0.25) is 5.91 Å². The molecule has 3 amide bonds. The van der Waals surface area contributed by atoms with Crippen molar-refractivity contribution in [2.45, 2.75) is 31.6 Å². The molecule has 0 saturated heterocycles. The Bertz CT molecular complexity index is 940. The number of amides is 3. The number of nitrogens with one attached hydrogen (secondary N) is 2. The molecule has 27 heavy (non-hydrogen) atoms. The molecule has 142 valence electrons. The first kappa shape index (κ1) is 19.3. The van der Waals surface area contributed by atoms with E-state index in [0.717, 1.165) is 29.2 Å². The minimum Gasteiger partial charge on any atom is -0.467 e. The normalized spacial score (nSPS) is 10.9. The van der Waals surface area contributed by atoms with Crippen molar-refractivity contribution in [3.63, 3.8) is 0 Å². The van der Waals surface area contributed by atoms with Crippen LogP contribution < -0.4 is 10.6 Å². The third-order valence-corrected chi connectivity index (χ3v) is 4.92. The molecule has 7 nitrogen and oxygen atoms in total. The summed E-state index contributed by atoms with van der Waals surface area (Å²) < 4.78 is 7.17. The number of furan rings is 1. The molecule has 3 rings (SSSR count). The summed E-state index contributed by atoms with van der Waals surface area (Å²) in [5.74, 6) is 0.290. The number of aromatic nitrogens is 2. The quantitative estimate of drug-likeness (QED) is 0.582. The smallest absolute Gasteiger partial charge is 0.321 e. The number of halogens is 1. The zero-order chi connectivity index (χ0) is 19.2. The first-order valence-electron chi connectivity index (χ1n) is 8.45. The van der Waals surface area contributed by atoms with Gasteiger partial charge in [-0.15, -0.1) is 0 Å². The molecule has 0 spiro atoms. The molecule has 0 atom stereocenters. The lowest BCUT2D eigenvalue weighted by molar-refractivity contribution is -0.117. The van der Waals surface area contributed by atoms with Crippen molar-refractivity contribution in [1.29, 1.82) is 0 Å². The molecular weight excluding hydrogens is 388 g/mol. The number of carbonyl (C=O) groups is 2. The fraction of sp³-hybridized carbons (Fsp3) is 0.278. The van der Waals surface area contributed by atoms with Gasteiger partial charge in [-0.2, -0.15) is 0 Å². The predicted octanol–water partition coefficient (Wildman–Crippen LogP) is 3.81. The maximum absolute atomic E-state index is 12.1. The molecule has 0 fully saturated rings. The Kier molecular flexibility index (Phi) is 6.41. The average Bonchev–Trinajstić information content (AvgIpc) is 3.26. The highest BCUT2D eigenvalue weighted by Crippen LogP contribution is 2.26. The molecule has 2 heterocycles. The Morgan fingerprint density at radius 3 is 2.93 bits per heavy atom. The number of fused-ring (bicyclic) bond motifs is 1. The summed E-state index contributed by atoms with van der Waals surface area (Å²) in [6.07, 6.45) is 2.45. The van der Waals surface area contributed by atoms with Gasteiger partial charge in [0.05, 0.1) is 29.6 Å². The van der Waals surface area contributed by atoms with Gasteiger partial charge in [0.25, 0.3) is 0 Å². The SMILES string of the molecule is CCCn1c(SCC(=O)NC(=O)NCc2ccco2)nc2cc(Cl)ccc21. The molecule has 0 bridgehead atoms. The van der Waals surface area contributed by atoms with Gasteiger partial charge in [0, 0.05) is 11.6 Å². The van der Waals surface area contributed by atoms with Crippen molar-refractivity contribution < 1.29 is 14.0 Å². The van der Waals surface area contributed by atoms with Crippen LogP contribution >= 0.6 is 23.4 Å². The van der Waals surface area contributed by atoms with E-state index in [9.17, 15) is 9.59 Å². The maximum Gasteiger partial charge on any atom is 0.321 e. The molecule has 9 heteroatoms. The molecule has 0 aliphatic rings. The number of imidazole rings is 1. The average molecular weight is 407 g/mol. The zero-order valence-corrected chi connectivity index (χ0v) is 16.3. The van der Waals surface area contributed by atoms with Crippen LogP contribution in [0.1, 0.15) is 19.1 Å². The lowest BCUT2D eigenvalue weighted by Gasteiger charge is -2.08. The Morgan fingerprint density at radius 1 is 1.33 bits per heavy atom. The van der Waals surface area contributed by atoms with Crippen LogP contribution in [0.25, 0.3) is 11.0 Å². The highest BCUT2D eigenvalue weighted by Gasteiger charge is 2.14. The largest absolute Gasteiger partial charge is 0.467 e. The topological polar surface area (TPSA) is 89.2 Å². The second-order valence-corrected chi connectivity index (χ2v) is 7.16. The van der Waals surface area contributed by atoms with Crippen molar-refractivity contribution >= 4 is 46.3 Å². The number of benzene rings is 1. The van der Waals surface area contributed by atoms with E-state index in [-0.39, 0.29) is 12.3 Å². The highest BCUT2D eigenvalue weighted by atomic mass is 35.5. The number of thioether (sulfide) groups is 1. The Morgan fingerprint density at radius 2 is 2.19 bits per heavy atom. The maximum atomic E-state index is 12.1. The van der Waals surface area contributed by atoms with Crippen LogP contribution in [0.3, 0.4) is 0 Å². The number of rotatable bonds is 7. The van der Waals surface area contributed by atoms with Gasteiger partial charge >= 0.3 is 6.03 Å². The van der Waals surface area contributed by atoms with Crippen molar-refractivity contribution in [3.8, 4) is 0 Å². The first-order valence-corrected chi connectivity index (χ1v) is 9.82. The van der Waals surface area contributed by atoms with Gasteiger partial charge in [-0.05, 0) is 36.8 Å². The highest BCUT2D eigenvalue weighted by molar-refractivity contribution is 7.99. The fourth-order valence-electron chi connectivity index (χ4n) is 2.55. The van der Waals surface area contributed by atoms with E-state index in [1.807, 2.05) is 12.1 Å². The fourth-order valence-corrected chi connectivity index (χ4v) is 3.56. The van der Waals surface area contributed by atoms with E-state index in [0.29, 0.717) is 10.8 Å². The molecule has 2 N–H and O–H groups in total. The molecule has 0 radical (unpaired) electrons. The first-order chi connectivity index (χ1) is 13.1. The van der Waals surface area contributed by atoms with Crippen LogP contribution in [0.4, 0.5) is 4.79 Å². The van der Waals surface area contributed by atoms with Crippen LogP contribution in [-0.2, 0) is 17.9 Å². The molecule has 0 saturated carbocycles. The number of urea groups is 1. The minimum atomic E-state index is -0.564. The van der Waals surface area contributed by atoms with E-state index >= 15 is 0 Å². The Hall–Kier alpha value is -2.45. The molecule has 2 aromatic heterocycles. The van der Waals surface area contributed by atoms with E-state index < -0.39 is 11.9 Å².